The van der Waals surface area contributed by atoms with Crippen molar-refractivity contribution in [3.05, 3.63) is 59.0 Å². The average molecular weight is 551 g/mol. The van der Waals surface area contributed by atoms with Gasteiger partial charge in [0.15, 0.2) is 5.69 Å². The number of nitrogens with one attached hydrogen (secondary N) is 1. The van der Waals surface area contributed by atoms with Gasteiger partial charge >= 0.3 is 5.97 Å². The fourth-order valence-corrected chi connectivity index (χ4v) is 5.68. The van der Waals surface area contributed by atoms with Crippen molar-refractivity contribution in [2.45, 2.75) is 57.8 Å². The van der Waals surface area contributed by atoms with Crippen molar-refractivity contribution in [2.24, 2.45) is 5.92 Å². The minimum atomic E-state index is -1.09. The number of aromatic nitrogens is 3. The summed E-state index contributed by atoms with van der Waals surface area (Å²) in [7, 11) is 0. The summed E-state index contributed by atoms with van der Waals surface area (Å²) >= 11 is 1.51. The molecule has 2 amide bonds. The van der Waals surface area contributed by atoms with Gasteiger partial charge in [-0.1, -0.05) is 38.1 Å². The maximum absolute atomic E-state index is 13.6. The molecule has 11 nitrogen and oxygen atoms in total. The van der Waals surface area contributed by atoms with Gasteiger partial charge in [-0.2, -0.15) is 10.4 Å². The van der Waals surface area contributed by atoms with E-state index in [1.54, 1.807) is 23.8 Å². The Kier molecular flexibility index (Phi) is 8.42. The third-order valence-electron chi connectivity index (χ3n) is 6.77. The van der Waals surface area contributed by atoms with Gasteiger partial charge in [-0.15, -0.1) is 11.3 Å². The standard InChI is InChI=1S/C27H30N6O5S/c1-15(2)24(33-9-8-19(12-28)31-33)27(38)32-13-20(34)10-22(32)26(37)30-21(11-23(35)36)17-4-6-18(7-5-17)25-16(3)29-14-39-25/h4-9,14-15,20-22,24,34H,10-11,13H2,1-3H3,(H,30,37)(H,35,36)/t20-,21?,22+,24?/m1/s1. The number of β-amino-alcohol motifs (C(OH)–C–C–N with tert-alkyl or cyclic N) is 1. The highest BCUT2D eigenvalue weighted by Gasteiger charge is 2.43. The number of thiazole rings is 1. The summed E-state index contributed by atoms with van der Waals surface area (Å²) in [4.78, 5) is 45.4. The van der Waals surface area contributed by atoms with Crippen LogP contribution in [0.5, 0.6) is 0 Å². The smallest absolute Gasteiger partial charge is 0.305 e. The molecule has 1 saturated heterocycles. The first kappa shape index (κ1) is 27.9. The predicted molar refractivity (Wildman–Crippen MR) is 142 cm³/mol. The minimum Gasteiger partial charge on any atom is -0.481 e. The van der Waals surface area contributed by atoms with Crippen LogP contribution in [0.1, 0.15) is 55.7 Å². The summed E-state index contributed by atoms with van der Waals surface area (Å²) < 4.78 is 1.41. The molecule has 12 heteroatoms. The highest BCUT2D eigenvalue weighted by atomic mass is 32.1. The zero-order valence-corrected chi connectivity index (χ0v) is 22.6. The van der Waals surface area contributed by atoms with Crippen molar-refractivity contribution in [2.75, 3.05) is 6.54 Å². The number of hydrogen-bond acceptors (Lipinski definition) is 8. The van der Waals surface area contributed by atoms with Crippen LogP contribution in [0.3, 0.4) is 0 Å². The van der Waals surface area contributed by atoms with Gasteiger partial charge in [-0.25, -0.2) is 4.98 Å². The van der Waals surface area contributed by atoms with Crippen molar-refractivity contribution in [1.29, 1.82) is 5.26 Å². The van der Waals surface area contributed by atoms with E-state index in [1.165, 1.54) is 27.0 Å². The third kappa shape index (κ3) is 6.16. The van der Waals surface area contributed by atoms with Crippen LogP contribution >= 0.6 is 11.3 Å². The zero-order chi connectivity index (χ0) is 28.3. The van der Waals surface area contributed by atoms with Crippen LogP contribution in [0.2, 0.25) is 0 Å². The molecule has 0 bridgehead atoms. The molecule has 39 heavy (non-hydrogen) atoms. The lowest BCUT2D eigenvalue weighted by Gasteiger charge is -2.31. The maximum atomic E-state index is 13.6. The zero-order valence-electron chi connectivity index (χ0n) is 21.8. The molecule has 0 radical (unpaired) electrons. The first-order chi connectivity index (χ1) is 18.6. The molecular formula is C27H30N6O5S. The van der Waals surface area contributed by atoms with Gasteiger partial charge in [0.1, 0.15) is 18.2 Å². The van der Waals surface area contributed by atoms with Crippen molar-refractivity contribution in [3.8, 4) is 16.5 Å². The Morgan fingerprint density at radius 2 is 1.95 bits per heavy atom. The molecule has 3 heterocycles. The summed E-state index contributed by atoms with van der Waals surface area (Å²) in [6, 6.07) is 8.09. The van der Waals surface area contributed by atoms with E-state index in [4.69, 9.17) is 5.26 Å². The lowest BCUT2D eigenvalue weighted by atomic mass is 10.00. The fraction of sp³-hybridized carbons (Fsp3) is 0.407. The van der Waals surface area contributed by atoms with Crippen LogP contribution in [-0.4, -0.2) is 66.4 Å². The summed E-state index contributed by atoms with van der Waals surface area (Å²) in [6.45, 7) is 5.53. The molecule has 4 atom stereocenters. The van der Waals surface area contributed by atoms with Crippen LogP contribution in [-0.2, 0) is 14.4 Å². The van der Waals surface area contributed by atoms with Gasteiger partial charge in [0.25, 0.3) is 0 Å². The number of nitrogens with zero attached hydrogens (tertiary/aromatic N) is 5. The molecule has 0 spiro atoms. The van der Waals surface area contributed by atoms with E-state index in [1.807, 2.05) is 39.0 Å². The van der Waals surface area contributed by atoms with E-state index in [9.17, 15) is 24.6 Å². The molecule has 1 aliphatic heterocycles. The Balaban J connectivity index is 1.55. The van der Waals surface area contributed by atoms with Crippen LogP contribution in [0.25, 0.3) is 10.4 Å². The Morgan fingerprint density at radius 3 is 2.51 bits per heavy atom. The monoisotopic (exact) mass is 550 g/mol. The number of aryl methyl sites for hydroxylation is 1. The number of nitriles is 1. The lowest BCUT2D eigenvalue weighted by Crippen LogP contribution is -2.49. The number of hydrogen-bond donors (Lipinski definition) is 3. The second kappa shape index (κ2) is 11.8. The molecule has 204 valence electrons. The third-order valence-corrected chi connectivity index (χ3v) is 7.75. The molecule has 1 aliphatic rings. The molecule has 0 saturated carbocycles. The minimum absolute atomic E-state index is 0.0221. The largest absolute Gasteiger partial charge is 0.481 e. The van der Waals surface area contributed by atoms with Gasteiger partial charge in [-0.05, 0) is 30.0 Å². The quantitative estimate of drug-likeness (QED) is 0.366. The average Bonchev–Trinajstić information content (AvgIpc) is 3.63. The second-order valence-corrected chi connectivity index (χ2v) is 10.8. The molecule has 3 aromatic rings. The summed E-state index contributed by atoms with van der Waals surface area (Å²) in [6.07, 6.45) is 0.300. The Hall–Kier alpha value is -4.08. The highest BCUT2D eigenvalue weighted by molar-refractivity contribution is 7.13. The van der Waals surface area contributed by atoms with Crippen LogP contribution in [0, 0.1) is 24.2 Å². The number of rotatable bonds is 9. The number of carbonyl (C=O) groups is 3. The molecular weight excluding hydrogens is 520 g/mol. The van der Waals surface area contributed by atoms with Gasteiger partial charge in [-0.3, -0.25) is 19.1 Å². The predicted octanol–water partition coefficient (Wildman–Crippen LogP) is 2.68. The van der Waals surface area contributed by atoms with Gasteiger partial charge in [0, 0.05) is 19.2 Å². The van der Waals surface area contributed by atoms with Crippen molar-refractivity contribution >= 4 is 29.1 Å². The van der Waals surface area contributed by atoms with Gasteiger partial charge < -0.3 is 20.4 Å². The number of carboxylic acids is 1. The molecule has 2 aromatic heterocycles. The molecule has 4 rings (SSSR count). The SMILES string of the molecule is Cc1ncsc1-c1ccc(C(CC(=O)O)NC(=O)[C@@H]2C[C@@H](O)CN2C(=O)C(C(C)C)n2ccc(C#N)n2)cc1. The Bertz CT molecular complexity index is 1390. The number of amides is 2. The van der Waals surface area contributed by atoms with Gasteiger partial charge in [0.05, 0.1) is 34.6 Å². The van der Waals surface area contributed by atoms with E-state index in [-0.39, 0.29) is 31.0 Å². The highest BCUT2D eigenvalue weighted by Crippen LogP contribution is 2.30. The fourth-order valence-electron chi connectivity index (χ4n) is 4.87. The number of carboxylic acid groups (broad SMARTS) is 1. The van der Waals surface area contributed by atoms with Crippen LogP contribution in [0.4, 0.5) is 0 Å². The number of carbonyl (C=O) groups excluding carboxylic acids is 2. The van der Waals surface area contributed by atoms with Crippen LogP contribution in [0.15, 0.2) is 42.0 Å². The van der Waals surface area contributed by atoms with E-state index in [0.717, 1.165) is 16.1 Å². The molecule has 1 fully saturated rings. The molecule has 2 unspecified atom stereocenters. The number of benzene rings is 1. The van der Waals surface area contributed by atoms with E-state index < -0.39 is 42.0 Å². The molecule has 3 N–H and O–H groups in total. The Morgan fingerprint density at radius 1 is 1.23 bits per heavy atom. The van der Waals surface area contributed by atoms with Crippen LogP contribution < -0.4 is 5.32 Å². The van der Waals surface area contributed by atoms with Crippen molar-refractivity contribution in [1.82, 2.24) is 25.0 Å². The lowest BCUT2D eigenvalue weighted by molar-refractivity contribution is -0.143. The molecule has 1 aromatic carbocycles. The summed E-state index contributed by atoms with van der Waals surface area (Å²) in [5.41, 5.74) is 4.36. The van der Waals surface area contributed by atoms with E-state index >= 15 is 0 Å². The Labute approximate surface area is 229 Å². The van der Waals surface area contributed by atoms with Crippen molar-refractivity contribution < 1.29 is 24.6 Å². The van der Waals surface area contributed by atoms with Crippen molar-refractivity contribution in [3.63, 3.8) is 0 Å². The first-order valence-electron chi connectivity index (χ1n) is 12.6. The number of aliphatic hydroxyl groups is 1. The molecule has 0 aliphatic carbocycles. The van der Waals surface area contributed by atoms with E-state index in [0.29, 0.717) is 5.56 Å². The number of likely N-dealkylation sites (tertiary alicyclic amines) is 1. The number of aliphatic carboxylic acids is 1. The maximum Gasteiger partial charge on any atom is 0.305 e. The topological polar surface area (TPSA) is 161 Å². The normalized spacial score (nSPS) is 18.5. The summed E-state index contributed by atoms with van der Waals surface area (Å²) in [5.74, 6) is -2.26. The second-order valence-electron chi connectivity index (χ2n) is 9.93. The first-order valence-corrected chi connectivity index (χ1v) is 13.4. The number of aliphatic hydroxyl groups excluding tert-OH is 1. The van der Waals surface area contributed by atoms with E-state index in [2.05, 4.69) is 15.4 Å². The summed E-state index contributed by atoms with van der Waals surface area (Å²) in [5, 5.41) is 36.0. The van der Waals surface area contributed by atoms with Gasteiger partial charge in [0.2, 0.25) is 11.8 Å².